The standard InChI is InChI=1S/C22H17ClINO6/c1-3-19(26)29-17-8-5-12(10-18(17)30-20(27)4-2)9-16-22(28)31-21(25-16)14-11-13(24)6-7-15(14)23/h5-11H,3-4H2,1-2H3. The number of halogens is 2. The molecular weight excluding hydrogens is 537 g/mol. The molecule has 0 radical (unpaired) electrons. The molecule has 1 aliphatic rings. The molecule has 2 aromatic carbocycles. The van der Waals surface area contributed by atoms with Gasteiger partial charge in [-0.2, -0.15) is 0 Å². The summed E-state index contributed by atoms with van der Waals surface area (Å²) < 4.78 is 16.7. The maximum Gasteiger partial charge on any atom is 0.363 e. The molecule has 31 heavy (non-hydrogen) atoms. The maximum atomic E-state index is 12.3. The molecule has 2 aromatic rings. The largest absolute Gasteiger partial charge is 0.423 e. The summed E-state index contributed by atoms with van der Waals surface area (Å²) >= 11 is 8.32. The Labute approximate surface area is 197 Å². The van der Waals surface area contributed by atoms with Crippen molar-refractivity contribution in [3.63, 3.8) is 0 Å². The minimum absolute atomic E-state index is 0.0519. The van der Waals surface area contributed by atoms with Crippen molar-refractivity contribution in [3.8, 4) is 11.5 Å². The fraction of sp³-hybridized carbons (Fsp3) is 0.182. The van der Waals surface area contributed by atoms with E-state index in [9.17, 15) is 14.4 Å². The quantitative estimate of drug-likeness (QED) is 0.218. The summed E-state index contributed by atoms with van der Waals surface area (Å²) in [5, 5.41) is 0.407. The molecule has 7 nitrogen and oxygen atoms in total. The molecule has 0 aliphatic carbocycles. The van der Waals surface area contributed by atoms with Gasteiger partial charge in [0.1, 0.15) is 0 Å². The van der Waals surface area contributed by atoms with Crippen molar-refractivity contribution in [2.24, 2.45) is 4.99 Å². The minimum atomic E-state index is -0.640. The summed E-state index contributed by atoms with van der Waals surface area (Å²) in [6.07, 6.45) is 1.78. The highest BCUT2D eigenvalue weighted by molar-refractivity contribution is 14.1. The average molecular weight is 554 g/mol. The number of carbonyl (C=O) groups excluding carboxylic acids is 3. The van der Waals surface area contributed by atoms with Crippen LogP contribution >= 0.6 is 34.2 Å². The van der Waals surface area contributed by atoms with Crippen molar-refractivity contribution >= 4 is 64.1 Å². The van der Waals surface area contributed by atoms with Crippen molar-refractivity contribution in [3.05, 3.63) is 61.8 Å². The first-order valence-corrected chi connectivity index (χ1v) is 10.8. The summed E-state index contributed by atoms with van der Waals surface area (Å²) in [5.74, 6) is -1.32. The molecule has 9 heteroatoms. The molecular formula is C22H17ClINO6. The SMILES string of the molecule is CCC(=O)Oc1ccc(C=C2N=C(c3cc(I)ccc3Cl)OC2=O)cc1OC(=O)CC. The molecule has 0 amide bonds. The average Bonchev–Trinajstić information content (AvgIpc) is 3.11. The van der Waals surface area contributed by atoms with Gasteiger partial charge in [0.25, 0.3) is 0 Å². The van der Waals surface area contributed by atoms with E-state index in [2.05, 4.69) is 27.6 Å². The van der Waals surface area contributed by atoms with Gasteiger partial charge in [-0.25, -0.2) is 9.79 Å². The van der Waals surface area contributed by atoms with Crippen LogP contribution in [0, 0.1) is 3.57 Å². The van der Waals surface area contributed by atoms with Crippen molar-refractivity contribution in [2.45, 2.75) is 26.7 Å². The zero-order valence-electron chi connectivity index (χ0n) is 16.6. The topological polar surface area (TPSA) is 91.3 Å². The number of aliphatic imine (C=N–C) groups is 1. The predicted octanol–water partition coefficient (Wildman–Crippen LogP) is 4.92. The Balaban J connectivity index is 1.96. The second kappa shape index (κ2) is 10.1. The summed E-state index contributed by atoms with van der Waals surface area (Å²) in [7, 11) is 0. The lowest BCUT2D eigenvalue weighted by molar-refractivity contribution is -0.136. The van der Waals surface area contributed by atoms with Crippen molar-refractivity contribution < 1.29 is 28.6 Å². The Hall–Kier alpha value is -2.72. The van der Waals surface area contributed by atoms with E-state index in [4.69, 9.17) is 25.8 Å². The smallest absolute Gasteiger partial charge is 0.363 e. The molecule has 0 unspecified atom stereocenters. The van der Waals surface area contributed by atoms with Crippen molar-refractivity contribution in [2.75, 3.05) is 0 Å². The van der Waals surface area contributed by atoms with E-state index in [0.29, 0.717) is 16.1 Å². The van der Waals surface area contributed by atoms with E-state index >= 15 is 0 Å². The Kier molecular flexibility index (Phi) is 7.45. The first kappa shape index (κ1) is 23.0. The summed E-state index contributed by atoms with van der Waals surface area (Å²) in [6.45, 7) is 3.30. The van der Waals surface area contributed by atoms with Gasteiger partial charge >= 0.3 is 17.9 Å². The monoisotopic (exact) mass is 553 g/mol. The highest BCUT2D eigenvalue weighted by atomic mass is 127. The van der Waals surface area contributed by atoms with Crippen LogP contribution in [0.25, 0.3) is 6.08 Å². The predicted molar refractivity (Wildman–Crippen MR) is 123 cm³/mol. The van der Waals surface area contributed by atoms with Gasteiger partial charge in [0, 0.05) is 16.4 Å². The molecule has 0 aromatic heterocycles. The first-order valence-electron chi connectivity index (χ1n) is 9.34. The Morgan fingerprint density at radius 2 is 1.74 bits per heavy atom. The van der Waals surface area contributed by atoms with Gasteiger partial charge in [-0.05, 0) is 64.6 Å². The second-order valence-electron chi connectivity index (χ2n) is 6.32. The van der Waals surface area contributed by atoms with Crippen LogP contribution in [0.5, 0.6) is 11.5 Å². The third-order valence-corrected chi connectivity index (χ3v) is 5.08. The summed E-state index contributed by atoms with van der Waals surface area (Å²) in [4.78, 5) is 40.0. The molecule has 0 saturated heterocycles. The maximum absolute atomic E-state index is 12.3. The number of benzene rings is 2. The molecule has 0 bridgehead atoms. The van der Waals surface area contributed by atoms with Crippen LogP contribution in [-0.4, -0.2) is 23.8 Å². The van der Waals surface area contributed by atoms with Crippen molar-refractivity contribution in [1.29, 1.82) is 0 Å². The van der Waals surface area contributed by atoms with Gasteiger partial charge < -0.3 is 14.2 Å². The lowest BCUT2D eigenvalue weighted by Crippen LogP contribution is -2.10. The number of rotatable bonds is 6. The number of hydrogen-bond donors (Lipinski definition) is 0. The molecule has 1 aliphatic heterocycles. The Morgan fingerprint density at radius 3 is 2.42 bits per heavy atom. The minimum Gasteiger partial charge on any atom is -0.423 e. The molecule has 0 saturated carbocycles. The van der Waals surface area contributed by atoms with E-state index in [0.717, 1.165) is 3.57 Å². The summed E-state index contributed by atoms with van der Waals surface area (Å²) in [6, 6.07) is 9.86. The van der Waals surface area contributed by atoms with Crippen molar-refractivity contribution in [1.82, 2.24) is 0 Å². The number of hydrogen-bond acceptors (Lipinski definition) is 7. The van der Waals surface area contributed by atoms with E-state index < -0.39 is 17.9 Å². The van der Waals surface area contributed by atoms with E-state index in [-0.39, 0.29) is 35.9 Å². The lowest BCUT2D eigenvalue weighted by Gasteiger charge is -2.10. The Morgan fingerprint density at radius 1 is 1.06 bits per heavy atom. The van der Waals surface area contributed by atoms with Gasteiger partial charge in [-0.1, -0.05) is 31.5 Å². The molecule has 0 N–H and O–H groups in total. The van der Waals surface area contributed by atoms with Crippen LogP contribution in [0.3, 0.4) is 0 Å². The molecule has 160 valence electrons. The van der Waals surface area contributed by atoms with E-state index in [1.807, 2.05) is 6.07 Å². The van der Waals surface area contributed by atoms with Gasteiger partial charge in [0.2, 0.25) is 5.90 Å². The molecule has 0 fully saturated rings. The van der Waals surface area contributed by atoms with Crippen LogP contribution in [-0.2, 0) is 19.1 Å². The van der Waals surface area contributed by atoms with Gasteiger partial charge in [-0.15, -0.1) is 0 Å². The third kappa shape index (κ3) is 5.71. The molecule has 0 atom stereocenters. The highest BCUT2D eigenvalue weighted by Gasteiger charge is 2.26. The van der Waals surface area contributed by atoms with Gasteiger partial charge in [0.05, 0.1) is 10.6 Å². The number of nitrogens with zero attached hydrogens (tertiary/aromatic N) is 1. The van der Waals surface area contributed by atoms with Crippen LogP contribution in [0.4, 0.5) is 0 Å². The van der Waals surface area contributed by atoms with Crippen LogP contribution in [0.1, 0.15) is 37.8 Å². The van der Waals surface area contributed by atoms with E-state index in [1.165, 1.54) is 18.2 Å². The lowest BCUT2D eigenvalue weighted by atomic mass is 10.1. The molecule has 1 heterocycles. The van der Waals surface area contributed by atoms with Gasteiger partial charge in [0.15, 0.2) is 17.2 Å². The van der Waals surface area contributed by atoms with E-state index in [1.54, 1.807) is 32.0 Å². The zero-order valence-corrected chi connectivity index (χ0v) is 19.5. The van der Waals surface area contributed by atoms with Crippen LogP contribution in [0.15, 0.2) is 47.1 Å². The Bertz CT molecular complexity index is 1120. The van der Waals surface area contributed by atoms with Crippen LogP contribution < -0.4 is 9.47 Å². The zero-order chi connectivity index (χ0) is 22.5. The molecule has 3 rings (SSSR count). The van der Waals surface area contributed by atoms with Gasteiger partial charge in [-0.3, -0.25) is 9.59 Å². The number of ether oxygens (including phenoxy) is 3. The normalized spacial score (nSPS) is 14.3. The number of cyclic esters (lactones) is 1. The number of esters is 3. The molecule has 0 spiro atoms. The third-order valence-electron chi connectivity index (χ3n) is 4.08. The summed E-state index contributed by atoms with van der Waals surface area (Å²) in [5.41, 5.74) is 1.06. The highest BCUT2D eigenvalue weighted by Crippen LogP contribution is 2.31. The second-order valence-corrected chi connectivity index (χ2v) is 7.97. The fourth-order valence-electron chi connectivity index (χ4n) is 2.51. The fourth-order valence-corrected chi connectivity index (χ4v) is 3.20. The van der Waals surface area contributed by atoms with Crippen LogP contribution in [0.2, 0.25) is 5.02 Å². The number of carbonyl (C=O) groups is 3. The first-order chi connectivity index (χ1) is 14.8.